The molecule has 1 aliphatic carbocycles. The van der Waals surface area contributed by atoms with Crippen LogP contribution in [-0.2, 0) is 11.8 Å². The number of rotatable bonds is 7. The van der Waals surface area contributed by atoms with Gasteiger partial charge in [-0.15, -0.1) is 0 Å². The minimum Gasteiger partial charge on any atom is -0.493 e. The molecule has 0 aliphatic heterocycles. The normalized spacial score (nSPS) is 18.7. The molecule has 6 heteroatoms. The van der Waals surface area contributed by atoms with Gasteiger partial charge in [0, 0.05) is 13.7 Å². The van der Waals surface area contributed by atoms with Crippen LogP contribution in [0.15, 0.2) is 6.20 Å². The maximum absolute atomic E-state index is 5.86. The van der Waals surface area contributed by atoms with Gasteiger partial charge in [0.2, 0.25) is 0 Å². The highest BCUT2D eigenvalue weighted by Gasteiger charge is 2.39. The summed E-state index contributed by atoms with van der Waals surface area (Å²) in [5.41, 5.74) is 3.80. The van der Waals surface area contributed by atoms with Crippen molar-refractivity contribution in [1.29, 1.82) is 0 Å². The lowest BCUT2D eigenvalue weighted by Gasteiger charge is -2.27. The van der Waals surface area contributed by atoms with Crippen molar-refractivity contribution < 1.29 is 9.47 Å². The zero-order chi connectivity index (χ0) is 13.1. The van der Waals surface area contributed by atoms with E-state index in [-0.39, 0.29) is 12.1 Å². The number of ether oxygens (including phenoxy) is 2. The second-order valence-electron chi connectivity index (χ2n) is 4.62. The zero-order valence-corrected chi connectivity index (χ0v) is 11.2. The van der Waals surface area contributed by atoms with Crippen LogP contribution in [0.2, 0.25) is 0 Å². The SMILES string of the molecule is CCOC(C1CC1)C(NN)c1c(OC)cnn1C. The predicted octanol–water partition coefficient (Wildman–Crippen LogP) is 0.748. The molecule has 2 rings (SSSR count). The molecule has 1 saturated carbocycles. The molecule has 0 amide bonds. The highest BCUT2D eigenvalue weighted by molar-refractivity contribution is 5.29. The molecule has 0 aromatic carbocycles. The molecule has 0 saturated heterocycles. The molecule has 0 radical (unpaired) electrons. The van der Waals surface area contributed by atoms with Gasteiger partial charge in [-0.2, -0.15) is 5.10 Å². The highest BCUT2D eigenvalue weighted by Crippen LogP contribution is 2.41. The number of hydrogen-bond donors (Lipinski definition) is 2. The van der Waals surface area contributed by atoms with Crippen LogP contribution in [0.25, 0.3) is 0 Å². The van der Waals surface area contributed by atoms with Crippen LogP contribution < -0.4 is 16.0 Å². The maximum atomic E-state index is 5.86. The lowest BCUT2D eigenvalue weighted by atomic mass is 10.0. The first kappa shape index (κ1) is 13.3. The van der Waals surface area contributed by atoms with Crippen LogP contribution in [0.3, 0.4) is 0 Å². The van der Waals surface area contributed by atoms with Crippen molar-refractivity contribution in [3.8, 4) is 5.75 Å². The first-order chi connectivity index (χ1) is 8.72. The zero-order valence-electron chi connectivity index (χ0n) is 11.2. The number of nitrogens with two attached hydrogens (primary N) is 1. The lowest BCUT2D eigenvalue weighted by molar-refractivity contribution is 0.0160. The Bertz CT molecular complexity index is 389. The molecule has 1 aromatic rings. The summed E-state index contributed by atoms with van der Waals surface area (Å²) in [7, 11) is 3.53. The molecule has 0 spiro atoms. The summed E-state index contributed by atoms with van der Waals surface area (Å²) in [5.74, 6) is 7.04. The van der Waals surface area contributed by atoms with Crippen molar-refractivity contribution in [3.63, 3.8) is 0 Å². The molecule has 1 fully saturated rings. The molecule has 6 nitrogen and oxygen atoms in total. The molecule has 18 heavy (non-hydrogen) atoms. The van der Waals surface area contributed by atoms with Gasteiger partial charge in [-0.05, 0) is 25.7 Å². The molecular formula is C12H22N4O2. The van der Waals surface area contributed by atoms with E-state index in [1.807, 2.05) is 14.0 Å². The van der Waals surface area contributed by atoms with Crippen LogP contribution in [0.1, 0.15) is 31.5 Å². The Morgan fingerprint density at radius 3 is 2.83 bits per heavy atom. The summed E-state index contributed by atoms with van der Waals surface area (Å²) in [5, 5.41) is 4.22. The average Bonchev–Trinajstić information content (AvgIpc) is 3.15. The van der Waals surface area contributed by atoms with Gasteiger partial charge in [0.1, 0.15) is 5.69 Å². The van der Waals surface area contributed by atoms with Gasteiger partial charge in [0.05, 0.1) is 25.5 Å². The third-order valence-corrected chi connectivity index (χ3v) is 3.42. The van der Waals surface area contributed by atoms with Crippen molar-refractivity contribution in [2.24, 2.45) is 18.8 Å². The average molecular weight is 254 g/mol. The molecule has 102 valence electrons. The minimum absolute atomic E-state index is 0.0734. The molecule has 1 aromatic heterocycles. The van der Waals surface area contributed by atoms with Crippen molar-refractivity contribution >= 4 is 0 Å². The van der Waals surface area contributed by atoms with Crippen LogP contribution in [0.5, 0.6) is 5.75 Å². The second kappa shape index (κ2) is 5.69. The molecule has 0 bridgehead atoms. The van der Waals surface area contributed by atoms with Crippen LogP contribution >= 0.6 is 0 Å². The van der Waals surface area contributed by atoms with E-state index in [2.05, 4.69) is 10.5 Å². The number of aryl methyl sites for hydroxylation is 1. The van der Waals surface area contributed by atoms with Crippen molar-refractivity contribution in [2.45, 2.75) is 31.9 Å². The van der Waals surface area contributed by atoms with Gasteiger partial charge in [-0.3, -0.25) is 10.5 Å². The Balaban J connectivity index is 2.27. The van der Waals surface area contributed by atoms with Crippen LogP contribution in [-0.4, -0.2) is 29.6 Å². The molecular weight excluding hydrogens is 232 g/mol. The Kier molecular flexibility index (Phi) is 4.21. The van der Waals surface area contributed by atoms with E-state index in [1.165, 1.54) is 12.8 Å². The number of hydrogen-bond acceptors (Lipinski definition) is 5. The Morgan fingerprint density at radius 2 is 2.33 bits per heavy atom. The van der Waals surface area contributed by atoms with Crippen LogP contribution in [0, 0.1) is 5.92 Å². The quantitative estimate of drug-likeness (QED) is 0.555. The number of methoxy groups -OCH3 is 1. The minimum atomic E-state index is -0.0973. The Labute approximate surface area is 107 Å². The summed E-state index contributed by atoms with van der Waals surface area (Å²) in [4.78, 5) is 0. The molecule has 2 unspecified atom stereocenters. The third-order valence-electron chi connectivity index (χ3n) is 3.42. The summed E-state index contributed by atoms with van der Waals surface area (Å²) in [6.45, 7) is 2.68. The lowest BCUT2D eigenvalue weighted by Crippen LogP contribution is -2.40. The third kappa shape index (κ3) is 2.50. The summed E-state index contributed by atoms with van der Waals surface area (Å²) in [6, 6.07) is -0.0973. The Morgan fingerprint density at radius 1 is 1.61 bits per heavy atom. The van der Waals surface area contributed by atoms with Crippen LogP contribution in [0.4, 0.5) is 0 Å². The van der Waals surface area contributed by atoms with E-state index in [4.69, 9.17) is 15.3 Å². The molecule has 1 aliphatic rings. The van der Waals surface area contributed by atoms with Crippen molar-refractivity contribution in [1.82, 2.24) is 15.2 Å². The van der Waals surface area contributed by atoms with Gasteiger partial charge in [0.25, 0.3) is 0 Å². The highest BCUT2D eigenvalue weighted by atomic mass is 16.5. The van der Waals surface area contributed by atoms with E-state index < -0.39 is 0 Å². The van der Waals surface area contributed by atoms with E-state index in [9.17, 15) is 0 Å². The second-order valence-corrected chi connectivity index (χ2v) is 4.62. The van der Waals surface area contributed by atoms with Gasteiger partial charge in [0.15, 0.2) is 5.75 Å². The number of aromatic nitrogens is 2. The first-order valence-electron chi connectivity index (χ1n) is 6.36. The predicted molar refractivity (Wildman–Crippen MR) is 68.0 cm³/mol. The summed E-state index contributed by atoms with van der Waals surface area (Å²) in [6.07, 6.45) is 4.17. The summed E-state index contributed by atoms with van der Waals surface area (Å²) >= 11 is 0. The smallest absolute Gasteiger partial charge is 0.161 e. The van der Waals surface area contributed by atoms with Gasteiger partial charge in [-0.1, -0.05) is 0 Å². The first-order valence-corrected chi connectivity index (χ1v) is 6.36. The number of nitrogens with zero attached hydrogens (tertiary/aromatic N) is 2. The topological polar surface area (TPSA) is 74.3 Å². The largest absolute Gasteiger partial charge is 0.493 e. The van der Waals surface area contributed by atoms with E-state index >= 15 is 0 Å². The molecule has 3 N–H and O–H groups in total. The van der Waals surface area contributed by atoms with Gasteiger partial charge in [-0.25, -0.2) is 5.43 Å². The van der Waals surface area contributed by atoms with E-state index in [0.29, 0.717) is 12.5 Å². The standard InChI is InChI=1S/C12H22N4O2/c1-4-18-12(8-5-6-8)10(15-13)11-9(17-3)7-14-16(11)2/h7-8,10,12,15H,4-6,13H2,1-3H3. The van der Waals surface area contributed by atoms with Crippen molar-refractivity contribution in [2.75, 3.05) is 13.7 Å². The molecule has 1 heterocycles. The Hall–Kier alpha value is -1.11. The van der Waals surface area contributed by atoms with Gasteiger partial charge >= 0.3 is 0 Å². The fourth-order valence-electron chi connectivity index (χ4n) is 2.39. The number of nitrogens with one attached hydrogen (secondary N) is 1. The number of hydrazine groups is 1. The maximum Gasteiger partial charge on any atom is 0.161 e. The monoisotopic (exact) mass is 254 g/mol. The van der Waals surface area contributed by atoms with Gasteiger partial charge < -0.3 is 9.47 Å². The molecule has 2 atom stereocenters. The van der Waals surface area contributed by atoms with E-state index in [0.717, 1.165) is 11.4 Å². The summed E-state index contributed by atoms with van der Waals surface area (Å²) < 4.78 is 13.0. The fraction of sp³-hybridized carbons (Fsp3) is 0.750. The van der Waals surface area contributed by atoms with E-state index in [1.54, 1.807) is 18.0 Å². The fourth-order valence-corrected chi connectivity index (χ4v) is 2.39. The van der Waals surface area contributed by atoms with Crippen molar-refractivity contribution in [3.05, 3.63) is 11.9 Å².